The summed E-state index contributed by atoms with van der Waals surface area (Å²) < 4.78 is 89.3. The molecule has 1 saturated heterocycles. The lowest BCUT2D eigenvalue weighted by molar-refractivity contribution is -0.137. The summed E-state index contributed by atoms with van der Waals surface area (Å²) in [4.78, 5) is -0.436. The van der Waals surface area contributed by atoms with Crippen LogP contribution in [-0.4, -0.2) is 40.8 Å². The molecule has 0 aromatic heterocycles. The van der Waals surface area contributed by atoms with E-state index >= 15 is 0 Å². The minimum Gasteiger partial charge on any atom is -0.211 e. The van der Waals surface area contributed by atoms with Crippen molar-refractivity contribution >= 4 is 20.0 Å². The van der Waals surface area contributed by atoms with Gasteiger partial charge in [-0.2, -0.15) is 17.5 Å². The van der Waals surface area contributed by atoms with Crippen LogP contribution in [0.5, 0.6) is 0 Å². The monoisotopic (exact) mass is 398 g/mol. The van der Waals surface area contributed by atoms with Gasteiger partial charge in [-0.05, 0) is 30.5 Å². The minimum absolute atomic E-state index is 0.0260. The predicted molar refractivity (Wildman–Crippen MR) is 85.4 cm³/mol. The van der Waals surface area contributed by atoms with Crippen molar-refractivity contribution in [1.82, 2.24) is 9.03 Å². The molecule has 140 valence electrons. The minimum atomic E-state index is -4.64. The summed E-state index contributed by atoms with van der Waals surface area (Å²) in [5.74, 6) is -0.268. The van der Waals surface area contributed by atoms with Crippen LogP contribution >= 0.6 is 0 Å². The zero-order valence-corrected chi connectivity index (χ0v) is 14.7. The molecule has 0 bridgehead atoms. The lowest BCUT2D eigenvalue weighted by Crippen LogP contribution is -2.32. The van der Waals surface area contributed by atoms with Gasteiger partial charge in [0.15, 0.2) is 0 Å². The first kappa shape index (κ1) is 19.9. The van der Waals surface area contributed by atoms with Crippen LogP contribution in [0.4, 0.5) is 13.2 Å². The van der Waals surface area contributed by atoms with Crippen molar-refractivity contribution < 1.29 is 30.0 Å². The Morgan fingerprint density at radius 3 is 2.56 bits per heavy atom. The number of nitrogens with zero attached hydrogens (tertiary/aromatic N) is 1. The second-order valence-corrected chi connectivity index (χ2v) is 9.25. The smallest absolute Gasteiger partial charge is 0.211 e. The van der Waals surface area contributed by atoms with Crippen LogP contribution in [0.15, 0.2) is 41.1 Å². The van der Waals surface area contributed by atoms with Gasteiger partial charge in [0.05, 0.1) is 10.5 Å². The van der Waals surface area contributed by atoms with Crippen LogP contribution in [0.1, 0.15) is 12.0 Å². The SMILES string of the molecule is C=CS(=O)(=O)NC[C@H]1CCN(S(=O)(=O)c2cccc(C(F)(F)F)c2)C1. The van der Waals surface area contributed by atoms with Gasteiger partial charge in [0.2, 0.25) is 20.0 Å². The zero-order chi connectivity index (χ0) is 18.9. The van der Waals surface area contributed by atoms with Gasteiger partial charge >= 0.3 is 6.18 Å². The number of hydrogen-bond donors (Lipinski definition) is 1. The number of hydrogen-bond acceptors (Lipinski definition) is 4. The molecule has 0 saturated carbocycles. The molecule has 2 rings (SSSR count). The van der Waals surface area contributed by atoms with Crippen LogP contribution in [0.2, 0.25) is 0 Å². The molecule has 0 spiro atoms. The van der Waals surface area contributed by atoms with Gasteiger partial charge in [-0.1, -0.05) is 12.6 Å². The third-order valence-corrected chi connectivity index (χ3v) is 6.71. The molecular weight excluding hydrogens is 381 g/mol. The van der Waals surface area contributed by atoms with E-state index < -0.39 is 36.7 Å². The molecule has 1 fully saturated rings. The largest absolute Gasteiger partial charge is 0.416 e. The Morgan fingerprint density at radius 1 is 1.28 bits per heavy atom. The molecule has 1 aromatic rings. The number of rotatable bonds is 6. The fraction of sp³-hybridized carbons (Fsp3) is 0.429. The van der Waals surface area contributed by atoms with Gasteiger partial charge in [0, 0.05) is 25.0 Å². The average Bonchev–Trinajstić information content (AvgIpc) is 3.02. The summed E-state index contributed by atoms with van der Waals surface area (Å²) >= 11 is 0. The highest BCUT2D eigenvalue weighted by Gasteiger charge is 2.35. The predicted octanol–water partition coefficient (Wildman–Crippen LogP) is 1.78. The van der Waals surface area contributed by atoms with E-state index in [-0.39, 0.29) is 25.6 Å². The fourth-order valence-electron chi connectivity index (χ4n) is 2.46. The van der Waals surface area contributed by atoms with E-state index in [0.29, 0.717) is 12.5 Å². The lowest BCUT2D eigenvalue weighted by Gasteiger charge is -2.17. The Kier molecular flexibility index (Phi) is 5.62. The van der Waals surface area contributed by atoms with Crippen LogP contribution < -0.4 is 4.72 Å². The second kappa shape index (κ2) is 7.06. The van der Waals surface area contributed by atoms with E-state index in [1.54, 1.807) is 0 Å². The van der Waals surface area contributed by atoms with Crippen molar-refractivity contribution in [1.29, 1.82) is 0 Å². The highest BCUT2D eigenvalue weighted by atomic mass is 32.2. The van der Waals surface area contributed by atoms with Crippen molar-refractivity contribution in [3.8, 4) is 0 Å². The summed E-state index contributed by atoms with van der Waals surface area (Å²) in [7, 11) is -7.69. The van der Waals surface area contributed by atoms with E-state index in [0.717, 1.165) is 27.9 Å². The van der Waals surface area contributed by atoms with Crippen LogP contribution in [0.25, 0.3) is 0 Å². The van der Waals surface area contributed by atoms with Crippen molar-refractivity contribution in [2.75, 3.05) is 19.6 Å². The normalized spacial score (nSPS) is 19.9. The van der Waals surface area contributed by atoms with Crippen LogP contribution in [0.3, 0.4) is 0 Å². The number of nitrogens with one attached hydrogen (secondary N) is 1. The standard InChI is InChI=1S/C14H17F3N2O4S2/c1-2-24(20,21)18-9-11-6-7-19(10-11)25(22,23)13-5-3-4-12(8-13)14(15,16)17/h2-5,8,11,18H,1,6-7,9-10H2/t11-/m1/s1. The third-order valence-electron chi connectivity index (χ3n) is 3.84. The summed E-state index contributed by atoms with van der Waals surface area (Å²) in [5, 5.41) is 0.749. The highest BCUT2D eigenvalue weighted by Crippen LogP contribution is 2.32. The second-order valence-electron chi connectivity index (χ2n) is 5.60. The molecule has 6 nitrogen and oxygen atoms in total. The maximum absolute atomic E-state index is 12.8. The van der Waals surface area contributed by atoms with Crippen molar-refractivity contribution in [3.05, 3.63) is 41.8 Å². The Balaban J connectivity index is 2.13. The molecule has 1 N–H and O–H groups in total. The summed E-state index contributed by atoms with van der Waals surface area (Å²) in [6.07, 6.45) is -4.24. The lowest BCUT2D eigenvalue weighted by atomic mass is 10.1. The number of sulfonamides is 2. The van der Waals surface area contributed by atoms with Gasteiger partial charge < -0.3 is 0 Å². The third kappa shape index (κ3) is 4.81. The van der Waals surface area contributed by atoms with Crippen molar-refractivity contribution in [3.63, 3.8) is 0 Å². The number of benzene rings is 1. The topological polar surface area (TPSA) is 83.6 Å². The first-order valence-corrected chi connectivity index (χ1v) is 10.2. The molecular formula is C14H17F3N2O4S2. The van der Waals surface area contributed by atoms with Gasteiger partial charge in [-0.15, -0.1) is 0 Å². The molecule has 1 aliphatic heterocycles. The van der Waals surface area contributed by atoms with E-state index in [2.05, 4.69) is 11.3 Å². The Hall–Kier alpha value is -1.43. The first-order chi connectivity index (χ1) is 11.5. The maximum atomic E-state index is 12.8. The quantitative estimate of drug-likeness (QED) is 0.792. The van der Waals surface area contributed by atoms with E-state index in [4.69, 9.17) is 0 Å². The number of alkyl halides is 3. The molecule has 25 heavy (non-hydrogen) atoms. The number of halogens is 3. The first-order valence-electron chi connectivity index (χ1n) is 7.25. The van der Waals surface area contributed by atoms with Crippen molar-refractivity contribution in [2.24, 2.45) is 5.92 Å². The summed E-state index contributed by atoms with van der Waals surface area (Å²) in [6, 6.07) is 3.55. The fourth-order valence-corrected chi connectivity index (χ4v) is 4.62. The Morgan fingerprint density at radius 2 is 1.96 bits per heavy atom. The Bertz CT molecular complexity index is 851. The molecule has 1 atom stereocenters. The van der Waals surface area contributed by atoms with Gasteiger partial charge in [-0.25, -0.2) is 21.6 Å². The molecule has 0 radical (unpaired) electrons. The van der Waals surface area contributed by atoms with E-state index in [9.17, 15) is 30.0 Å². The van der Waals surface area contributed by atoms with Gasteiger partial charge in [0.1, 0.15) is 0 Å². The molecule has 1 aromatic carbocycles. The molecule has 11 heteroatoms. The van der Waals surface area contributed by atoms with E-state index in [1.165, 1.54) is 0 Å². The van der Waals surface area contributed by atoms with Crippen LogP contribution in [0, 0.1) is 5.92 Å². The average molecular weight is 398 g/mol. The maximum Gasteiger partial charge on any atom is 0.416 e. The molecule has 0 aliphatic carbocycles. The molecule has 0 amide bonds. The molecule has 1 aliphatic rings. The van der Waals surface area contributed by atoms with Crippen LogP contribution in [-0.2, 0) is 26.2 Å². The molecule has 0 unspecified atom stereocenters. The molecule has 1 heterocycles. The van der Waals surface area contributed by atoms with Gasteiger partial charge in [0.25, 0.3) is 0 Å². The van der Waals surface area contributed by atoms with Gasteiger partial charge in [-0.3, -0.25) is 0 Å². The summed E-state index contributed by atoms with van der Waals surface area (Å²) in [6.45, 7) is 3.32. The Labute approximate surface area is 144 Å². The highest BCUT2D eigenvalue weighted by molar-refractivity contribution is 7.92. The zero-order valence-electron chi connectivity index (χ0n) is 13.0. The van der Waals surface area contributed by atoms with Crippen molar-refractivity contribution in [2.45, 2.75) is 17.5 Å². The van der Waals surface area contributed by atoms with E-state index in [1.807, 2.05) is 0 Å². The summed E-state index contributed by atoms with van der Waals surface area (Å²) in [5.41, 5.74) is -1.04.